The number of amides is 2. The van der Waals surface area contributed by atoms with Gasteiger partial charge < -0.3 is 9.84 Å². The summed E-state index contributed by atoms with van der Waals surface area (Å²) in [6.07, 6.45) is 2.79. The highest BCUT2D eigenvalue weighted by Gasteiger charge is 2.67. The van der Waals surface area contributed by atoms with E-state index in [0.29, 0.717) is 0 Å². The number of anilines is 1. The number of nitrogens with zero attached hydrogens (tertiary/aromatic N) is 2. The number of ether oxygens (including phenoxy) is 1. The summed E-state index contributed by atoms with van der Waals surface area (Å²) < 4.78 is 5.93. The van der Waals surface area contributed by atoms with Gasteiger partial charge in [0.25, 0.3) is 5.69 Å². The lowest BCUT2D eigenvalue weighted by Crippen LogP contribution is -2.43. The summed E-state index contributed by atoms with van der Waals surface area (Å²) >= 11 is 3.19. The lowest BCUT2D eigenvalue weighted by molar-refractivity contribution is -0.384. The van der Waals surface area contributed by atoms with E-state index in [-0.39, 0.29) is 15.8 Å². The van der Waals surface area contributed by atoms with Gasteiger partial charge in [0, 0.05) is 16.6 Å². The Morgan fingerprint density at radius 2 is 2.12 bits per heavy atom. The van der Waals surface area contributed by atoms with E-state index in [0.717, 1.165) is 4.90 Å². The van der Waals surface area contributed by atoms with Crippen LogP contribution in [0.5, 0.6) is 0 Å². The van der Waals surface area contributed by atoms with E-state index in [1.807, 2.05) is 0 Å². The number of aliphatic hydroxyl groups is 1. The summed E-state index contributed by atoms with van der Waals surface area (Å²) in [5, 5.41) is 20.5. The molecule has 8 nitrogen and oxygen atoms in total. The standard InChI is InChI=1S/C15H11BrN2O6/c16-8-5-7(18(22)23)1-2-9(8)17-13(20)11-10-3-4-15(6-19,24-10)12(11)14(17)21/h1-5,10-12,19H,6H2/t10-,11-,12-,15+/m1/s1. The third-order valence-corrected chi connectivity index (χ3v) is 5.42. The number of benzene rings is 1. The molecule has 0 radical (unpaired) electrons. The number of hydrogen-bond acceptors (Lipinski definition) is 6. The van der Waals surface area contributed by atoms with Crippen molar-refractivity contribution in [2.45, 2.75) is 11.7 Å². The quantitative estimate of drug-likeness (QED) is 0.356. The molecule has 0 spiro atoms. The highest BCUT2D eigenvalue weighted by atomic mass is 79.9. The fourth-order valence-corrected chi connectivity index (χ4v) is 4.26. The summed E-state index contributed by atoms with van der Waals surface area (Å²) in [6.45, 7) is -0.393. The third kappa shape index (κ3) is 1.80. The van der Waals surface area contributed by atoms with Gasteiger partial charge in [0.05, 0.1) is 35.2 Å². The highest BCUT2D eigenvalue weighted by Crippen LogP contribution is 2.52. The van der Waals surface area contributed by atoms with Crippen molar-refractivity contribution in [2.24, 2.45) is 11.8 Å². The molecule has 24 heavy (non-hydrogen) atoms. The Bertz CT molecular complexity index is 824. The van der Waals surface area contributed by atoms with Crippen LogP contribution in [-0.4, -0.2) is 40.2 Å². The van der Waals surface area contributed by atoms with Crippen LogP contribution >= 0.6 is 15.9 Å². The van der Waals surface area contributed by atoms with Gasteiger partial charge in [-0.1, -0.05) is 12.2 Å². The van der Waals surface area contributed by atoms with E-state index in [2.05, 4.69) is 15.9 Å². The predicted octanol–water partition coefficient (Wildman–Crippen LogP) is 1.16. The molecular weight excluding hydrogens is 384 g/mol. The number of fused-ring (bicyclic) bond motifs is 5. The molecule has 1 aromatic carbocycles. The summed E-state index contributed by atoms with van der Waals surface area (Å²) in [4.78, 5) is 36.9. The molecular formula is C15H11BrN2O6. The molecule has 3 aliphatic rings. The van der Waals surface area contributed by atoms with Crippen LogP contribution in [0.25, 0.3) is 0 Å². The van der Waals surface area contributed by atoms with Gasteiger partial charge in [-0.25, -0.2) is 4.90 Å². The fraction of sp³-hybridized carbons (Fsp3) is 0.333. The summed E-state index contributed by atoms with van der Waals surface area (Å²) in [5.41, 5.74) is -1.07. The van der Waals surface area contributed by atoms with Crippen molar-refractivity contribution in [1.82, 2.24) is 0 Å². The van der Waals surface area contributed by atoms with E-state index in [1.165, 1.54) is 18.2 Å². The number of halogens is 1. The molecule has 2 saturated heterocycles. The summed E-state index contributed by atoms with van der Waals surface area (Å²) in [6, 6.07) is 3.84. The molecule has 2 amide bonds. The molecule has 0 aromatic heterocycles. The molecule has 3 heterocycles. The second kappa shape index (κ2) is 4.95. The Labute approximate surface area is 144 Å². The number of rotatable bonds is 3. The number of nitro benzene ring substituents is 1. The lowest BCUT2D eigenvalue weighted by Gasteiger charge is -2.26. The van der Waals surface area contributed by atoms with Crippen LogP contribution in [0.4, 0.5) is 11.4 Å². The first kappa shape index (κ1) is 15.4. The second-order valence-corrected chi connectivity index (χ2v) is 6.82. The van der Waals surface area contributed by atoms with Gasteiger partial charge in [0.2, 0.25) is 11.8 Å². The first-order valence-electron chi connectivity index (χ1n) is 7.19. The van der Waals surface area contributed by atoms with Crippen molar-refractivity contribution in [3.05, 3.63) is 44.9 Å². The number of imide groups is 1. The molecule has 4 atom stereocenters. The zero-order valence-electron chi connectivity index (χ0n) is 12.1. The van der Waals surface area contributed by atoms with Gasteiger partial charge >= 0.3 is 0 Å². The second-order valence-electron chi connectivity index (χ2n) is 5.96. The SMILES string of the molecule is O=C1[C@@H]2[C@H]3C=C[C@@](CO)(O3)[C@H]2C(=O)N1c1ccc([N+](=O)[O-])cc1Br. The monoisotopic (exact) mass is 394 g/mol. The van der Waals surface area contributed by atoms with Crippen molar-refractivity contribution >= 4 is 39.1 Å². The Morgan fingerprint density at radius 1 is 1.38 bits per heavy atom. The minimum Gasteiger partial charge on any atom is -0.393 e. The Balaban J connectivity index is 1.76. The van der Waals surface area contributed by atoms with E-state index >= 15 is 0 Å². The zero-order valence-corrected chi connectivity index (χ0v) is 13.7. The minimum atomic E-state index is -1.16. The Hall–Kier alpha value is -2.10. The van der Waals surface area contributed by atoms with Crippen LogP contribution in [0.3, 0.4) is 0 Å². The van der Waals surface area contributed by atoms with Gasteiger partial charge in [-0.3, -0.25) is 19.7 Å². The lowest BCUT2D eigenvalue weighted by atomic mass is 9.77. The maximum absolute atomic E-state index is 12.8. The molecule has 9 heteroatoms. The van der Waals surface area contributed by atoms with Crippen LogP contribution in [0.1, 0.15) is 0 Å². The molecule has 3 aliphatic heterocycles. The van der Waals surface area contributed by atoms with E-state index in [1.54, 1.807) is 12.2 Å². The Morgan fingerprint density at radius 3 is 2.75 bits per heavy atom. The zero-order chi connectivity index (χ0) is 17.2. The number of non-ortho nitro benzene ring substituents is 1. The summed E-state index contributed by atoms with van der Waals surface area (Å²) in [7, 11) is 0. The van der Waals surface area contributed by atoms with Crippen LogP contribution in [0, 0.1) is 22.0 Å². The normalized spacial score (nSPS) is 33.4. The number of carbonyl (C=O) groups excluding carboxylic acids is 2. The maximum Gasteiger partial charge on any atom is 0.270 e. The van der Waals surface area contributed by atoms with Gasteiger partial charge in [-0.15, -0.1) is 0 Å². The number of nitro groups is 1. The topological polar surface area (TPSA) is 110 Å². The van der Waals surface area contributed by atoms with E-state index in [9.17, 15) is 24.8 Å². The first-order valence-corrected chi connectivity index (χ1v) is 7.99. The van der Waals surface area contributed by atoms with Gasteiger partial charge in [-0.2, -0.15) is 0 Å². The third-order valence-electron chi connectivity index (χ3n) is 4.79. The van der Waals surface area contributed by atoms with Gasteiger partial charge in [0.1, 0.15) is 5.60 Å². The molecule has 0 unspecified atom stereocenters. The molecule has 0 saturated carbocycles. The summed E-state index contributed by atoms with van der Waals surface area (Å²) in [5.74, 6) is -2.37. The maximum atomic E-state index is 12.8. The van der Waals surface area contributed by atoms with Gasteiger partial charge in [-0.05, 0) is 22.0 Å². The smallest absolute Gasteiger partial charge is 0.270 e. The predicted molar refractivity (Wildman–Crippen MR) is 84.1 cm³/mol. The van der Waals surface area contributed by atoms with Crippen LogP contribution in [0.2, 0.25) is 0 Å². The molecule has 1 N–H and O–H groups in total. The largest absolute Gasteiger partial charge is 0.393 e. The molecule has 4 rings (SSSR count). The number of hydrogen-bond donors (Lipinski definition) is 1. The van der Waals surface area contributed by atoms with Crippen molar-refractivity contribution in [1.29, 1.82) is 0 Å². The van der Waals surface area contributed by atoms with Crippen molar-refractivity contribution in [3.63, 3.8) is 0 Å². The highest BCUT2D eigenvalue weighted by molar-refractivity contribution is 9.10. The Kier molecular flexibility index (Phi) is 3.18. The molecule has 124 valence electrons. The minimum absolute atomic E-state index is 0.151. The molecule has 2 bridgehead atoms. The average Bonchev–Trinajstić information content (AvgIpc) is 3.19. The van der Waals surface area contributed by atoms with Crippen molar-refractivity contribution in [2.75, 3.05) is 11.5 Å². The molecule has 0 aliphatic carbocycles. The van der Waals surface area contributed by atoms with E-state index < -0.39 is 46.9 Å². The first-order chi connectivity index (χ1) is 11.4. The van der Waals surface area contributed by atoms with Crippen molar-refractivity contribution in [3.8, 4) is 0 Å². The molecule has 2 fully saturated rings. The van der Waals surface area contributed by atoms with Gasteiger partial charge in [0.15, 0.2) is 0 Å². The number of aliphatic hydroxyl groups excluding tert-OH is 1. The van der Waals surface area contributed by atoms with Crippen LogP contribution in [-0.2, 0) is 14.3 Å². The molecule has 1 aromatic rings. The van der Waals surface area contributed by atoms with E-state index in [4.69, 9.17) is 4.74 Å². The van der Waals surface area contributed by atoms with Crippen LogP contribution in [0.15, 0.2) is 34.8 Å². The van der Waals surface area contributed by atoms with Crippen molar-refractivity contribution < 1.29 is 24.4 Å². The number of carbonyl (C=O) groups is 2. The van der Waals surface area contributed by atoms with Crippen LogP contribution < -0.4 is 4.90 Å². The average molecular weight is 395 g/mol. The fourth-order valence-electron chi connectivity index (χ4n) is 3.71.